The molecule has 0 spiro atoms. The maximum absolute atomic E-state index is 13.9. The van der Waals surface area contributed by atoms with Gasteiger partial charge < -0.3 is 10.2 Å². The van der Waals surface area contributed by atoms with E-state index in [0.717, 1.165) is 0 Å². The van der Waals surface area contributed by atoms with Crippen molar-refractivity contribution in [3.63, 3.8) is 0 Å². The zero-order valence-corrected chi connectivity index (χ0v) is 14.3. The third-order valence-corrected chi connectivity index (χ3v) is 4.63. The number of hydrogen-bond donors (Lipinski definition) is 1. The number of hydrogen-bond acceptors (Lipinski definition) is 2. The molecule has 0 unspecified atom stereocenters. The van der Waals surface area contributed by atoms with Gasteiger partial charge in [-0.05, 0) is 30.2 Å². The number of halogens is 2. The molecular formula is C20H20F2N2O2. The molecule has 1 heterocycles. The molecule has 1 aliphatic heterocycles. The summed E-state index contributed by atoms with van der Waals surface area (Å²) in [7, 11) is 0. The van der Waals surface area contributed by atoms with E-state index in [0.29, 0.717) is 25.1 Å². The van der Waals surface area contributed by atoms with E-state index in [1.165, 1.54) is 24.3 Å². The number of benzene rings is 2. The van der Waals surface area contributed by atoms with Crippen molar-refractivity contribution in [3.05, 3.63) is 71.3 Å². The van der Waals surface area contributed by atoms with Gasteiger partial charge in [-0.1, -0.05) is 30.3 Å². The first-order chi connectivity index (χ1) is 12.6. The maximum atomic E-state index is 13.9. The summed E-state index contributed by atoms with van der Waals surface area (Å²) in [5, 5.41) is 2.56. The molecule has 2 aromatic carbocycles. The largest absolute Gasteiger partial charge is 0.351 e. The van der Waals surface area contributed by atoms with Crippen LogP contribution in [0.15, 0.2) is 48.5 Å². The summed E-state index contributed by atoms with van der Waals surface area (Å²) in [6.45, 7) is 1.17. The molecule has 0 bridgehead atoms. The van der Waals surface area contributed by atoms with E-state index in [1.54, 1.807) is 29.2 Å². The molecule has 1 aliphatic rings. The predicted molar refractivity (Wildman–Crippen MR) is 93.7 cm³/mol. The van der Waals surface area contributed by atoms with Crippen molar-refractivity contribution in [2.24, 2.45) is 0 Å². The molecule has 2 aromatic rings. The van der Waals surface area contributed by atoms with Gasteiger partial charge in [-0.2, -0.15) is 0 Å². The fourth-order valence-electron chi connectivity index (χ4n) is 3.23. The van der Waals surface area contributed by atoms with Crippen LogP contribution in [0, 0.1) is 11.6 Å². The number of carbonyl (C=O) groups excluding carboxylic acids is 2. The van der Waals surface area contributed by atoms with Gasteiger partial charge >= 0.3 is 0 Å². The number of likely N-dealkylation sites (tertiary alicyclic amines) is 1. The average molecular weight is 358 g/mol. The number of carbonyl (C=O) groups is 2. The molecule has 1 fully saturated rings. The normalized spacial score (nSPS) is 16.5. The van der Waals surface area contributed by atoms with Gasteiger partial charge in [0.15, 0.2) is 0 Å². The van der Waals surface area contributed by atoms with Crippen LogP contribution in [-0.2, 0) is 4.79 Å². The highest BCUT2D eigenvalue weighted by atomic mass is 19.1. The van der Waals surface area contributed by atoms with Gasteiger partial charge in [0.2, 0.25) is 5.91 Å². The molecule has 0 aliphatic carbocycles. The molecule has 26 heavy (non-hydrogen) atoms. The molecule has 1 N–H and O–H groups in total. The van der Waals surface area contributed by atoms with E-state index in [1.807, 2.05) is 0 Å². The minimum atomic E-state index is -0.594. The lowest BCUT2D eigenvalue weighted by molar-refractivity contribution is -0.130. The van der Waals surface area contributed by atoms with Crippen LogP contribution >= 0.6 is 0 Å². The van der Waals surface area contributed by atoms with Crippen LogP contribution in [-0.4, -0.2) is 36.3 Å². The van der Waals surface area contributed by atoms with E-state index >= 15 is 0 Å². The first-order valence-electron chi connectivity index (χ1n) is 8.61. The SMILES string of the molecule is O=C(NCCC(=O)N1CC[C@H](c2ccccc2F)C1)c1ccccc1F. The Kier molecular flexibility index (Phi) is 5.61. The minimum Gasteiger partial charge on any atom is -0.351 e. The Morgan fingerprint density at radius 1 is 1.04 bits per heavy atom. The number of nitrogens with one attached hydrogen (secondary N) is 1. The van der Waals surface area contributed by atoms with E-state index in [4.69, 9.17) is 0 Å². The fourth-order valence-corrected chi connectivity index (χ4v) is 3.23. The number of amides is 2. The van der Waals surface area contributed by atoms with Crippen LogP contribution < -0.4 is 5.32 Å². The van der Waals surface area contributed by atoms with Gasteiger partial charge in [0.1, 0.15) is 11.6 Å². The Morgan fingerprint density at radius 3 is 2.46 bits per heavy atom. The standard InChI is InChI=1S/C20H20F2N2O2/c21-17-7-3-1-5-15(17)14-10-12-24(13-14)19(25)9-11-23-20(26)16-6-2-4-8-18(16)22/h1-8,14H,9-13H2,(H,23,26)/t14-/m0/s1. The summed E-state index contributed by atoms with van der Waals surface area (Å²) in [5.41, 5.74) is 0.594. The van der Waals surface area contributed by atoms with E-state index in [2.05, 4.69) is 5.32 Å². The fraction of sp³-hybridized carbons (Fsp3) is 0.300. The van der Waals surface area contributed by atoms with Crippen LogP contribution in [0.4, 0.5) is 8.78 Å². The molecule has 4 nitrogen and oxygen atoms in total. The summed E-state index contributed by atoms with van der Waals surface area (Å²) < 4.78 is 27.4. The second-order valence-electron chi connectivity index (χ2n) is 6.33. The Morgan fingerprint density at radius 2 is 1.73 bits per heavy atom. The number of rotatable bonds is 5. The van der Waals surface area contributed by atoms with Crippen LogP contribution in [0.2, 0.25) is 0 Å². The lowest BCUT2D eigenvalue weighted by Crippen LogP contribution is -2.33. The van der Waals surface area contributed by atoms with Crippen molar-refractivity contribution < 1.29 is 18.4 Å². The molecule has 6 heteroatoms. The monoisotopic (exact) mass is 358 g/mol. The topological polar surface area (TPSA) is 49.4 Å². The molecular weight excluding hydrogens is 338 g/mol. The van der Waals surface area contributed by atoms with Crippen LogP contribution in [0.5, 0.6) is 0 Å². The Bertz CT molecular complexity index is 810. The maximum Gasteiger partial charge on any atom is 0.254 e. The lowest BCUT2D eigenvalue weighted by Gasteiger charge is -2.17. The summed E-state index contributed by atoms with van der Waals surface area (Å²) in [5.74, 6) is -1.49. The molecule has 3 rings (SSSR count). The van der Waals surface area contributed by atoms with Crippen LogP contribution in [0.1, 0.15) is 34.7 Å². The Hall–Kier alpha value is -2.76. The summed E-state index contributed by atoms with van der Waals surface area (Å²) in [6.07, 6.45) is 0.846. The quantitative estimate of drug-likeness (QED) is 0.893. The van der Waals surface area contributed by atoms with Crippen molar-refractivity contribution >= 4 is 11.8 Å². The van der Waals surface area contributed by atoms with E-state index in [-0.39, 0.29) is 36.2 Å². The van der Waals surface area contributed by atoms with Crippen molar-refractivity contribution in [2.75, 3.05) is 19.6 Å². The zero-order valence-electron chi connectivity index (χ0n) is 14.3. The van der Waals surface area contributed by atoms with Crippen molar-refractivity contribution in [3.8, 4) is 0 Å². The van der Waals surface area contributed by atoms with Gasteiger partial charge in [0, 0.05) is 32.0 Å². The molecule has 1 atom stereocenters. The van der Waals surface area contributed by atoms with Gasteiger partial charge in [-0.3, -0.25) is 9.59 Å². The molecule has 2 amide bonds. The van der Waals surface area contributed by atoms with Gasteiger partial charge in [-0.25, -0.2) is 8.78 Å². The lowest BCUT2D eigenvalue weighted by atomic mass is 9.98. The highest BCUT2D eigenvalue weighted by molar-refractivity contribution is 5.94. The third-order valence-electron chi connectivity index (χ3n) is 4.63. The highest BCUT2D eigenvalue weighted by Gasteiger charge is 2.28. The Labute approximate surface area is 150 Å². The summed E-state index contributed by atoms with van der Waals surface area (Å²) >= 11 is 0. The molecule has 1 saturated heterocycles. The zero-order chi connectivity index (χ0) is 18.5. The van der Waals surface area contributed by atoms with Gasteiger partial charge in [0.25, 0.3) is 5.91 Å². The molecule has 0 saturated carbocycles. The second kappa shape index (κ2) is 8.08. The van der Waals surface area contributed by atoms with E-state index in [9.17, 15) is 18.4 Å². The molecule has 0 aromatic heterocycles. The van der Waals surface area contributed by atoms with Crippen LogP contribution in [0.25, 0.3) is 0 Å². The Balaban J connectivity index is 1.48. The second-order valence-corrected chi connectivity index (χ2v) is 6.33. The minimum absolute atomic E-state index is 0.00634. The first-order valence-corrected chi connectivity index (χ1v) is 8.61. The van der Waals surface area contributed by atoms with E-state index < -0.39 is 11.7 Å². The van der Waals surface area contributed by atoms with Gasteiger partial charge in [-0.15, -0.1) is 0 Å². The smallest absolute Gasteiger partial charge is 0.254 e. The van der Waals surface area contributed by atoms with Crippen molar-refractivity contribution in [2.45, 2.75) is 18.8 Å². The molecule has 136 valence electrons. The highest BCUT2D eigenvalue weighted by Crippen LogP contribution is 2.29. The third kappa shape index (κ3) is 4.07. The van der Waals surface area contributed by atoms with Gasteiger partial charge in [0.05, 0.1) is 5.56 Å². The van der Waals surface area contributed by atoms with Crippen molar-refractivity contribution in [1.82, 2.24) is 10.2 Å². The number of nitrogens with zero attached hydrogens (tertiary/aromatic N) is 1. The van der Waals surface area contributed by atoms with Crippen molar-refractivity contribution in [1.29, 1.82) is 0 Å². The summed E-state index contributed by atoms with van der Waals surface area (Å²) in [6, 6.07) is 12.3. The first kappa shape index (κ1) is 18.0. The molecule has 0 radical (unpaired) electrons. The predicted octanol–water partition coefficient (Wildman–Crippen LogP) is 3.10. The average Bonchev–Trinajstić information content (AvgIpc) is 3.12. The summed E-state index contributed by atoms with van der Waals surface area (Å²) in [4.78, 5) is 25.9. The van der Waals surface area contributed by atoms with Crippen LogP contribution in [0.3, 0.4) is 0 Å².